The second-order valence-corrected chi connectivity index (χ2v) is 12.6. The predicted molar refractivity (Wildman–Crippen MR) is 173 cm³/mol. The Bertz CT molecular complexity index is 428. The lowest BCUT2D eigenvalue weighted by atomic mass is 10.0. The van der Waals surface area contributed by atoms with Crippen molar-refractivity contribution in [2.75, 3.05) is 0 Å². The summed E-state index contributed by atoms with van der Waals surface area (Å²) in [5.41, 5.74) is 0. The molecule has 0 amide bonds. The van der Waals surface area contributed by atoms with Crippen molar-refractivity contribution < 1.29 is 4.79 Å². The van der Waals surface area contributed by atoms with Crippen molar-refractivity contribution in [1.82, 2.24) is 0 Å². The Kier molecular flexibility index (Phi) is 34.4. The van der Waals surface area contributed by atoms with Gasteiger partial charge in [-0.2, -0.15) is 0 Å². The largest absolute Gasteiger partial charge is 0.300 e. The number of ketones is 1. The minimum atomic E-state index is 0.518. The molecule has 0 saturated carbocycles. The first-order valence-corrected chi connectivity index (χ1v) is 18.3. The van der Waals surface area contributed by atoms with E-state index in [4.69, 9.17) is 0 Å². The summed E-state index contributed by atoms with van der Waals surface area (Å²) in [5.74, 6) is 0.518. The lowest BCUT2D eigenvalue weighted by molar-refractivity contribution is -0.119. The highest BCUT2D eigenvalue weighted by atomic mass is 16.1. The smallest absolute Gasteiger partial charge is 0.132 e. The van der Waals surface area contributed by atoms with Crippen LogP contribution in [-0.4, -0.2) is 5.78 Å². The summed E-state index contributed by atoms with van der Waals surface area (Å²) >= 11 is 0. The van der Waals surface area contributed by atoms with Crippen LogP contribution in [0.3, 0.4) is 0 Å². The molecule has 1 nitrogen and oxygen atoms in total. The first-order valence-electron chi connectivity index (χ1n) is 18.3. The number of rotatable bonds is 34. The summed E-state index contributed by atoms with van der Waals surface area (Å²) in [6.07, 6.45) is 46.6. The van der Waals surface area contributed by atoms with Gasteiger partial charge in [0.05, 0.1) is 0 Å². The second-order valence-electron chi connectivity index (χ2n) is 12.6. The van der Waals surface area contributed by atoms with Crippen molar-refractivity contribution in [2.45, 2.75) is 232 Å². The Morgan fingerprint density at radius 2 is 0.421 bits per heavy atom. The number of hydrogen-bond acceptors (Lipinski definition) is 1. The van der Waals surface area contributed by atoms with Crippen LogP contribution >= 0.6 is 0 Å². The van der Waals surface area contributed by atoms with Gasteiger partial charge in [0, 0.05) is 12.8 Å². The minimum Gasteiger partial charge on any atom is -0.300 e. The van der Waals surface area contributed by atoms with Crippen LogP contribution in [0.5, 0.6) is 0 Å². The molecule has 0 bridgehead atoms. The molecule has 0 heterocycles. The third kappa shape index (κ3) is 33.7. The molecule has 1 heteroatoms. The molecule has 0 N–H and O–H groups in total. The number of hydrogen-bond donors (Lipinski definition) is 0. The topological polar surface area (TPSA) is 17.1 Å². The quantitative estimate of drug-likeness (QED) is 0.0750. The standard InChI is InChI=1S/C37H74O/c1-3-5-7-9-11-12-13-14-15-16-17-18-19-20-21-22-23-24-25-26-27-28-29-30-32-34-36-37(38)35-33-31-10-8-6-4-2/h3-36H2,1-2H3. The van der Waals surface area contributed by atoms with Crippen LogP contribution in [0.4, 0.5) is 0 Å². The van der Waals surface area contributed by atoms with Crippen LogP contribution in [-0.2, 0) is 4.79 Å². The summed E-state index contributed by atoms with van der Waals surface area (Å²) in [7, 11) is 0. The fourth-order valence-electron chi connectivity index (χ4n) is 5.87. The summed E-state index contributed by atoms with van der Waals surface area (Å²) in [6.45, 7) is 4.56. The highest BCUT2D eigenvalue weighted by Gasteiger charge is 2.02. The first-order chi connectivity index (χ1) is 18.8. The Hall–Kier alpha value is -0.330. The summed E-state index contributed by atoms with van der Waals surface area (Å²) in [6, 6.07) is 0. The number of carbonyl (C=O) groups excluding carboxylic acids is 1. The van der Waals surface area contributed by atoms with Crippen LogP contribution in [0.15, 0.2) is 0 Å². The maximum Gasteiger partial charge on any atom is 0.132 e. The van der Waals surface area contributed by atoms with Gasteiger partial charge in [0.2, 0.25) is 0 Å². The maximum atomic E-state index is 12.0. The van der Waals surface area contributed by atoms with Gasteiger partial charge in [-0.1, -0.05) is 206 Å². The van der Waals surface area contributed by atoms with Gasteiger partial charge in [-0.3, -0.25) is 4.79 Å². The second kappa shape index (κ2) is 34.7. The van der Waals surface area contributed by atoms with Gasteiger partial charge in [-0.15, -0.1) is 0 Å². The van der Waals surface area contributed by atoms with Crippen molar-refractivity contribution in [2.24, 2.45) is 0 Å². The van der Waals surface area contributed by atoms with Gasteiger partial charge in [-0.05, 0) is 12.8 Å². The Labute approximate surface area is 242 Å². The Morgan fingerprint density at radius 3 is 0.605 bits per heavy atom. The van der Waals surface area contributed by atoms with E-state index in [1.807, 2.05) is 0 Å². The van der Waals surface area contributed by atoms with E-state index in [0.717, 1.165) is 25.7 Å². The van der Waals surface area contributed by atoms with E-state index in [-0.39, 0.29) is 0 Å². The van der Waals surface area contributed by atoms with Gasteiger partial charge >= 0.3 is 0 Å². The van der Waals surface area contributed by atoms with Crippen molar-refractivity contribution in [3.63, 3.8) is 0 Å². The highest BCUT2D eigenvalue weighted by molar-refractivity contribution is 5.78. The van der Waals surface area contributed by atoms with Crippen LogP contribution in [0.25, 0.3) is 0 Å². The van der Waals surface area contributed by atoms with Crippen molar-refractivity contribution in [1.29, 1.82) is 0 Å². The molecule has 0 radical (unpaired) electrons. The molecule has 0 rings (SSSR count). The van der Waals surface area contributed by atoms with Crippen LogP contribution in [0, 0.1) is 0 Å². The third-order valence-electron chi connectivity index (χ3n) is 8.62. The molecular formula is C37H74O. The van der Waals surface area contributed by atoms with Crippen LogP contribution in [0.2, 0.25) is 0 Å². The van der Waals surface area contributed by atoms with Crippen molar-refractivity contribution >= 4 is 5.78 Å². The van der Waals surface area contributed by atoms with Gasteiger partial charge < -0.3 is 0 Å². The average Bonchev–Trinajstić information content (AvgIpc) is 2.92. The molecule has 0 aliphatic heterocycles. The SMILES string of the molecule is CCCCCCCCCCCCCCCCCCCCCCCCCCCCC(=O)CCCCCCCC. The lowest BCUT2D eigenvalue weighted by Crippen LogP contribution is -1.97. The summed E-state index contributed by atoms with van der Waals surface area (Å²) in [4.78, 5) is 12.0. The average molecular weight is 535 g/mol. The number of Topliss-reactive ketones (excluding diaryl/α,β-unsaturated/α-hetero) is 1. The molecule has 0 unspecified atom stereocenters. The third-order valence-corrected chi connectivity index (χ3v) is 8.62. The lowest BCUT2D eigenvalue weighted by Gasteiger charge is -2.04. The van der Waals surface area contributed by atoms with E-state index in [2.05, 4.69) is 13.8 Å². The molecule has 228 valence electrons. The van der Waals surface area contributed by atoms with Gasteiger partial charge in [0.25, 0.3) is 0 Å². The summed E-state index contributed by atoms with van der Waals surface area (Å²) in [5, 5.41) is 0. The molecule has 0 fully saturated rings. The van der Waals surface area contributed by atoms with Gasteiger partial charge in [0.15, 0.2) is 0 Å². The van der Waals surface area contributed by atoms with E-state index in [1.54, 1.807) is 0 Å². The maximum absolute atomic E-state index is 12.0. The van der Waals surface area contributed by atoms with Gasteiger partial charge in [0.1, 0.15) is 5.78 Å². The number of unbranched alkanes of at least 4 members (excludes halogenated alkanes) is 30. The molecular weight excluding hydrogens is 460 g/mol. The zero-order valence-corrected chi connectivity index (χ0v) is 26.9. The summed E-state index contributed by atoms with van der Waals surface area (Å²) < 4.78 is 0. The molecule has 0 aliphatic rings. The Balaban J connectivity index is 3.09. The monoisotopic (exact) mass is 535 g/mol. The fraction of sp³-hybridized carbons (Fsp3) is 0.973. The normalized spacial score (nSPS) is 11.4. The van der Waals surface area contributed by atoms with E-state index >= 15 is 0 Å². The van der Waals surface area contributed by atoms with Crippen LogP contribution < -0.4 is 0 Å². The van der Waals surface area contributed by atoms with Crippen molar-refractivity contribution in [3.05, 3.63) is 0 Å². The fourth-order valence-corrected chi connectivity index (χ4v) is 5.87. The number of carbonyl (C=O) groups is 1. The molecule has 0 aromatic heterocycles. The van der Waals surface area contributed by atoms with Crippen LogP contribution in [0.1, 0.15) is 232 Å². The van der Waals surface area contributed by atoms with E-state index in [9.17, 15) is 4.79 Å². The zero-order chi connectivity index (χ0) is 27.6. The molecule has 0 spiro atoms. The van der Waals surface area contributed by atoms with Crippen molar-refractivity contribution in [3.8, 4) is 0 Å². The highest BCUT2D eigenvalue weighted by Crippen LogP contribution is 2.16. The first kappa shape index (κ1) is 37.7. The molecule has 0 atom stereocenters. The van der Waals surface area contributed by atoms with E-state index in [0.29, 0.717) is 5.78 Å². The van der Waals surface area contributed by atoms with E-state index < -0.39 is 0 Å². The molecule has 0 aromatic carbocycles. The van der Waals surface area contributed by atoms with Gasteiger partial charge in [-0.25, -0.2) is 0 Å². The predicted octanol–water partition coefficient (Wildman–Crippen LogP) is 13.9. The molecule has 0 aromatic rings. The Morgan fingerprint density at radius 1 is 0.263 bits per heavy atom. The minimum absolute atomic E-state index is 0.518. The zero-order valence-electron chi connectivity index (χ0n) is 26.9. The molecule has 38 heavy (non-hydrogen) atoms. The van der Waals surface area contributed by atoms with E-state index in [1.165, 1.54) is 193 Å². The molecule has 0 aliphatic carbocycles. The molecule has 0 saturated heterocycles.